The Bertz CT molecular complexity index is 660. The Balaban J connectivity index is 1.63. The quantitative estimate of drug-likeness (QED) is 0.833. The molecule has 1 saturated heterocycles. The Labute approximate surface area is 135 Å². The molecule has 2 aromatic rings. The number of hydrogen-bond acceptors (Lipinski definition) is 4. The number of aromatic nitrogens is 2. The largest absolute Gasteiger partial charge is 0.352 e. The number of rotatable bonds is 3. The highest BCUT2D eigenvalue weighted by molar-refractivity contribution is 9.10. The van der Waals surface area contributed by atoms with Crippen molar-refractivity contribution < 1.29 is 8.78 Å². The van der Waals surface area contributed by atoms with E-state index in [1.807, 2.05) is 11.0 Å². The number of halogens is 3. The van der Waals surface area contributed by atoms with Gasteiger partial charge in [-0.2, -0.15) is 0 Å². The minimum atomic E-state index is -0.408. The third kappa shape index (κ3) is 3.25. The van der Waals surface area contributed by atoms with Crippen molar-refractivity contribution in [2.75, 3.05) is 31.1 Å². The Morgan fingerprint density at radius 1 is 1.14 bits per heavy atom. The van der Waals surface area contributed by atoms with E-state index in [2.05, 4.69) is 30.8 Å². The Hall–Kier alpha value is -1.60. The predicted molar refractivity (Wildman–Crippen MR) is 83.6 cm³/mol. The first-order chi connectivity index (χ1) is 10.6. The van der Waals surface area contributed by atoms with E-state index in [-0.39, 0.29) is 5.82 Å². The van der Waals surface area contributed by atoms with Crippen molar-refractivity contribution in [2.45, 2.75) is 6.54 Å². The third-order valence-corrected chi connectivity index (χ3v) is 4.36. The number of piperazine rings is 1. The average molecular weight is 369 g/mol. The summed E-state index contributed by atoms with van der Waals surface area (Å²) in [6, 6.07) is 5.31. The maximum absolute atomic E-state index is 14.0. The molecular formula is C15H15BrF2N4. The number of hydrogen-bond donors (Lipinski definition) is 0. The van der Waals surface area contributed by atoms with E-state index >= 15 is 0 Å². The van der Waals surface area contributed by atoms with Gasteiger partial charge < -0.3 is 4.90 Å². The van der Waals surface area contributed by atoms with Crippen LogP contribution >= 0.6 is 15.9 Å². The van der Waals surface area contributed by atoms with Gasteiger partial charge in [-0.05, 0) is 22.0 Å². The molecular weight excluding hydrogens is 354 g/mol. The first kappa shape index (κ1) is 15.3. The van der Waals surface area contributed by atoms with Crippen LogP contribution in [0.4, 0.5) is 14.6 Å². The molecule has 0 amide bonds. The molecule has 0 unspecified atom stereocenters. The molecule has 1 fully saturated rings. The van der Waals surface area contributed by atoms with Crippen LogP contribution in [-0.4, -0.2) is 41.0 Å². The van der Waals surface area contributed by atoms with Crippen LogP contribution in [-0.2, 0) is 6.54 Å². The third-order valence-electron chi connectivity index (χ3n) is 3.75. The van der Waals surface area contributed by atoms with Crippen LogP contribution in [0.3, 0.4) is 0 Å². The van der Waals surface area contributed by atoms with Crippen molar-refractivity contribution in [1.29, 1.82) is 0 Å². The molecule has 0 radical (unpaired) electrons. The van der Waals surface area contributed by atoms with Crippen LogP contribution in [0.15, 0.2) is 35.2 Å². The van der Waals surface area contributed by atoms with Crippen molar-refractivity contribution in [1.82, 2.24) is 14.9 Å². The summed E-state index contributed by atoms with van der Waals surface area (Å²) in [6.45, 7) is 3.32. The van der Waals surface area contributed by atoms with E-state index in [9.17, 15) is 8.78 Å². The lowest BCUT2D eigenvalue weighted by atomic mass is 10.2. The fourth-order valence-electron chi connectivity index (χ4n) is 2.57. The summed E-state index contributed by atoms with van der Waals surface area (Å²) in [6.07, 6.45) is 2.52. The number of benzene rings is 1. The minimum absolute atomic E-state index is 0.216. The second kappa shape index (κ2) is 6.66. The second-order valence-electron chi connectivity index (χ2n) is 5.17. The van der Waals surface area contributed by atoms with Crippen LogP contribution in [0.5, 0.6) is 0 Å². The molecule has 0 saturated carbocycles. The van der Waals surface area contributed by atoms with Gasteiger partial charge in [0.05, 0.1) is 10.7 Å². The Kier molecular flexibility index (Phi) is 4.63. The lowest BCUT2D eigenvalue weighted by Gasteiger charge is -2.35. The van der Waals surface area contributed by atoms with Crippen LogP contribution in [0, 0.1) is 11.6 Å². The highest BCUT2D eigenvalue weighted by Gasteiger charge is 2.21. The summed E-state index contributed by atoms with van der Waals surface area (Å²) in [5.41, 5.74) is 0.663. The van der Waals surface area contributed by atoms with E-state index in [1.165, 1.54) is 12.5 Å². The smallest absolute Gasteiger partial charge is 0.183 e. The van der Waals surface area contributed by atoms with Crippen molar-refractivity contribution in [3.63, 3.8) is 0 Å². The van der Waals surface area contributed by atoms with Crippen LogP contribution in [0.2, 0.25) is 0 Å². The van der Waals surface area contributed by atoms with Crippen molar-refractivity contribution in [3.05, 3.63) is 52.4 Å². The molecule has 0 atom stereocenters. The van der Waals surface area contributed by atoms with Crippen molar-refractivity contribution >= 4 is 21.7 Å². The SMILES string of the molecule is Fc1cncnc1N1CCN(Cc2cccc(Br)c2F)CC1. The topological polar surface area (TPSA) is 32.3 Å². The zero-order valence-electron chi connectivity index (χ0n) is 11.8. The number of anilines is 1. The number of nitrogens with zero attached hydrogens (tertiary/aromatic N) is 4. The second-order valence-corrected chi connectivity index (χ2v) is 6.02. The maximum atomic E-state index is 14.0. The fraction of sp³-hybridized carbons (Fsp3) is 0.333. The summed E-state index contributed by atoms with van der Waals surface area (Å²) < 4.78 is 28.2. The highest BCUT2D eigenvalue weighted by Crippen LogP contribution is 2.21. The molecule has 0 aliphatic carbocycles. The van der Waals surface area contributed by atoms with E-state index in [4.69, 9.17) is 0 Å². The van der Waals surface area contributed by atoms with Gasteiger partial charge in [0.25, 0.3) is 0 Å². The molecule has 1 aromatic heterocycles. The molecule has 1 aliphatic rings. The van der Waals surface area contributed by atoms with Gasteiger partial charge in [0.1, 0.15) is 12.1 Å². The summed E-state index contributed by atoms with van der Waals surface area (Å²) >= 11 is 3.20. The van der Waals surface area contributed by atoms with Gasteiger partial charge in [0, 0.05) is 38.3 Å². The van der Waals surface area contributed by atoms with Gasteiger partial charge in [-0.25, -0.2) is 18.7 Å². The summed E-state index contributed by atoms with van der Waals surface area (Å²) in [4.78, 5) is 11.7. The molecule has 0 bridgehead atoms. The standard InChI is InChI=1S/C15H15BrF2N4/c16-12-3-1-2-11(14(12)18)9-21-4-6-22(7-5-21)15-13(17)8-19-10-20-15/h1-3,8,10H,4-7,9H2. The molecule has 1 aliphatic heterocycles. The van der Waals surface area contributed by atoms with Gasteiger partial charge in [-0.3, -0.25) is 4.90 Å². The van der Waals surface area contributed by atoms with E-state index in [0.29, 0.717) is 35.5 Å². The van der Waals surface area contributed by atoms with Gasteiger partial charge in [0.2, 0.25) is 0 Å². The van der Waals surface area contributed by atoms with Gasteiger partial charge in [-0.15, -0.1) is 0 Å². The van der Waals surface area contributed by atoms with E-state index in [1.54, 1.807) is 12.1 Å². The van der Waals surface area contributed by atoms with Crippen LogP contribution in [0.1, 0.15) is 5.56 Å². The summed E-state index contributed by atoms with van der Waals surface area (Å²) in [5.74, 6) is -0.288. The highest BCUT2D eigenvalue weighted by atomic mass is 79.9. The lowest BCUT2D eigenvalue weighted by molar-refractivity contribution is 0.245. The molecule has 0 N–H and O–H groups in total. The van der Waals surface area contributed by atoms with Crippen LogP contribution < -0.4 is 4.90 Å². The van der Waals surface area contributed by atoms with Crippen LogP contribution in [0.25, 0.3) is 0 Å². The minimum Gasteiger partial charge on any atom is -0.352 e. The molecule has 22 heavy (non-hydrogen) atoms. The zero-order chi connectivity index (χ0) is 15.5. The maximum Gasteiger partial charge on any atom is 0.183 e. The van der Waals surface area contributed by atoms with E-state index in [0.717, 1.165) is 13.1 Å². The van der Waals surface area contributed by atoms with Crippen molar-refractivity contribution in [2.24, 2.45) is 0 Å². The fourth-order valence-corrected chi connectivity index (χ4v) is 2.98. The molecule has 4 nitrogen and oxygen atoms in total. The van der Waals surface area contributed by atoms with Crippen molar-refractivity contribution in [3.8, 4) is 0 Å². The zero-order valence-corrected chi connectivity index (χ0v) is 13.4. The average Bonchev–Trinajstić information content (AvgIpc) is 2.53. The lowest BCUT2D eigenvalue weighted by Crippen LogP contribution is -2.46. The van der Waals surface area contributed by atoms with Gasteiger partial charge >= 0.3 is 0 Å². The first-order valence-corrected chi connectivity index (χ1v) is 7.80. The molecule has 0 spiro atoms. The Morgan fingerprint density at radius 3 is 2.64 bits per heavy atom. The first-order valence-electron chi connectivity index (χ1n) is 7.01. The van der Waals surface area contributed by atoms with Gasteiger partial charge in [-0.1, -0.05) is 12.1 Å². The molecule has 3 rings (SSSR count). The van der Waals surface area contributed by atoms with E-state index < -0.39 is 5.82 Å². The van der Waals surface area contributed by atoms with Gasteiger partial charge in [0.15, 0.2) is 11.6 Å². The summed E-state index contributed by atoms with van der Waals surface area (Å²) in [5, 5.41) is 0. The monoisotopic (exact) mass is 368 g/mol. The molecule has 7 heteroatoms. The summed E-state index contributed by atoms with van der Waals surface area (Å²) in [7, 11) is 0. The Morgan fingerprint density at radius 2 is 1.91 bits per heavy atom. The normalized spacial score (nSPS) is 16.0. The molecule has 1 aromatic carbocycles. The molecule has 116 valence electrons. The predicted octanol–water partition coefficient (Wildman–Crippen LogP) is 2.84. The molecule has 2 heterocycles.